The van der Waals surface area contributed by atoms with Gasteiger partial charge in [0.1, 0.15) is 51.9 Å². The number of thioether (sulfide) groups is 1. The Morgan fingerprint density at radius 1 is 1.19 bits per heavy atom. The zero-order chi connectivity index (χ0) is 32.9. The third-order valence-electron chi connectivity index (χ3n) is 7.45. The number of aromatic amines is 1. The van der Waals surface area contributed by atoms with E-state index in [1.54, 1.807) is 45.0 Å². The normalized spacial score (nSPS) is 20.1. The van der Waals surface area contributed by atoms with Crippen LogP contribution in [0.15, 0.2) is 52.6 Å². The van der Waals surface area contributed by atoms with E-state index >= 15 is 0 Å². The number of hydrogen-bond acceptors (Lipinski definition) is 9. The van der Waals surface area contributed by atoms with E-state index in [-0.39, 0.29) is 45.9 Å². The lowest BCUT2D eigenvalue weighted by Crippen LogP contribution is -2.71. The predicted molar refractivity (Wildman–Crippen MR) is 177 cm³/mol. The van der Waals surface area contributed by atoms with Gasteiger partial charge in [0.2, 0.25) is 0 Å². The SMILES string of the molecule is CC(=O)OCC1=C(C(=O)OC(C)(C)C)N2C(=O)C(NC(=O)COc3ccc4c(c3)S(=O)NCc3c-4[nH]c4ccc(F)cc34)C2SC1.O.[HH].[HH].[HH]. The summed E-state index contributed by atoms with van der Waals surface area (Å²) in [7, 11) is -1.61. The molecule has 0 radical (unpaired) electrons. The van der Waals surface area contributed by atoms with Crippen LogP contribution in [0.4, 0.5) is 4.39 Å². The maximum absolute atomic E-state index is 13.9. The number of aromatic nitrogens is 1. The molecule has 1 aromatic heterocycles. The molecule has 5 N–H and O–H groups in total. The van der Waals surface area contributed by atoms with Gasteiger partial charge in [-0.15, -0.1) is 11.8 Å². The van der Waals surface area contributed by atoms with Crippen molar-refractivity contribution in [2.24, 2.45) is 0 Å². The largest absolute Gasteiger partial charge is 0.484 e. The van der Waals surface area contributed by atoms with Crippen molar-refractivity contribution in [1.82, 2.24) is 19.9 Å². The van der Waals surface area contributed by atoms with Gasteiger partial charge in [-0.1, -0.05) is 0 Å². The highest BCUT2D eigenvalue weighted by Gasteiger charge is 2.54. The quantitative estimate of drug-likeness (QED) is 0.247. The molecule has 256 valence electrons. The lowest BCUT2D eigenvalue weighted by molar-refractivity contribution is -0.159. The molecule has 4 heterocycles. The van der Waals surface area contributed by atoms with Crippen LogP contribution in [-0.2, 0) is 46.2 Å². The van der Waals surface area contributed by atoms with Crippen molar-refractivity contribution < 1.29 is 51.7 Å². The number of β-lactam (4-membered cyclic amide) rings is 1. The molecule has 1 fully saturated rings. The number of fused-ring (bicyclic) bond motifs is 6. The lowest BCUT2D eigenvalue weighted by Gasteiger charge is -2.49. The van der Waals surface area contributed by atoms with Gasteiger partial charge in [-0.2, -0.15) is 0 Å². The van der Waals surface area contributed by atoms with E-state index in [1.165, 1.54) is 35.7 Å². The number of benzene rings is 2. The number of nitrogens with zero attached hydrogens (tertiary/aromatic N) is 1. The number of ether oxygens (including phenoxy) is 3. The summed E-state index contributed by atoms with van der Waals surface area (Å²) in [6, 6.07) is 8.48. The first-order valence-corrected chi connectivity index (χ1v) is 16.6. The molecule has 2 aromatic carbocycles. The minimum Gasteiger partial charge on any atom is -0.484 e. The van der Waals surface area contributed by atoms with Crippen LogP contribution in [0.5, 0.6) is 5.75 Å². The van der Waals surface area contributed by atoms with Crippen molar-refractivity contribution in [1.29, 1.82) is 0 Å². The standard InChI is InChI=1S/C31H31FN4O8S2.H2O.3H2/c1-15(37)42-12-16-14-45-29-26(28(39)36(29)27(16)30(40)44-31(2,3)4)35-24(38)13-43-18-6-7-19-23(10-18)46(41)33-11-21-20-9-17(32)5-8-22(20)34-25(19)21;;;;/h5-10,26,29,33-34H,11-14H2,1-4H3,(H,35,38);1H2;3*1H. The van der Waals surface area contributed by atoms with Crippen LogP contribution >= 0.6 is 11.8 Å². The number of H-pyrrole nitrogens is 1. The Balaban J connectivity index is 0.00000217. The minimum absolute atomic E-state index is 0. The summed E-state index contributed by atoms with van der Waals surface area (Å²) in [4.78, 5) is 55.6. The van der Waals surface area contributed by atoms with E-state index in [2.05, 4.69) is 15.0 Å². The summed E-state index contributed by atoms with van der Waals surface area (Å²) in [6.45, 7) is 6.01. The van der Waals surface area contributed by atoms with E-state index in [1.807, 2.05) is 0 Å². The van der Waals surface area contributed by atoms with Crippen LogP contribution in [0.2, 0.25) is 0 Å². The molecule has 3 aliphatic heterocycles. The summed E-state index contributed by atoms with van der Waals surface area (Å²) in [5.74, 6) is -2.12. The fourth-order valence-corrected chi connectivity index (χ4v) is 7.81. The average Bonchev–Trinajstić information content (AvgIpc) is 3.29. The Hall–Kier alpha value is -4.25. The van der Waals surface area contributed by atoms with Gasteiger partial charge in [-0.3, -0.25) is 19.3 Å². The molecule has 13 nitrogen and oxygen atoms in total. The number of halogens is 1. The van der Waals surface area contributed by atoms with Crippen LogP contribution in [0.3, 0.4) is 0 Å². The summed E-state index contributed by atoms with van der Waals surface area (Å²) in [5, 5.41) is 2.80. The fraction of sp³-hybridized carbons (Fsp3) is 0.355. The maximum atomic E-state index is 13.9. The summed E-state index contributed by atoms with van der Waals surface area (Å²) in [5.41, 5.74) is 2.53. The van der Waals surface area contributed by atoms with Crippen molar-refractivity contribution in [3.05, 3.63) is 59.0 Å². The highest BCUT2D eigenvalue weighted by molar-refractivity contribution is 8.00. The number of carbonyl (C=O) groups excluding carboxylic acids is 4. The van der Waals surface area contributed by atoms with Gasteiger partial charge in [0.25, 0.3) is 11.8 Å². The van der Waals surface area contributed by atoms with Crippen molar-refractivity contribution in [3.8, 4) is 17.0 Å². The zero-order valence-electron chi connectivity index (χ0n) is 25.9. The molecule has 47 heavy (non-hydrogen) atoms. The molecule has 2 amide bonds. The zero-order valence-corrected chi connectivity index (χ0v) is 27.5. The topological polar surface area (TPSA) is 188 Å². The van der Waals surface area contributed by atoms with Crippen LogP contribution in [0.25, 0.3) is 22.2 Å². The van der Waals surface area contributed by atoms with Gasteiger partial charge >= 0.3 is 11.9 Å². The molecule has 16 heteroatoms. The predicted octanol–water partition coefficient (Wildman–Crippen LogP) is 2.95. The van der Waals surface area contributed by atoms with Gasteiger partial charge < -0.3 is 30.0 Å². The first-order chi connectivity index (χ1) is 21.8. The molecular weight excluding hydrogens is 655 g/mol. The van der Waals surface area contributed by atoms with Crippen LogP contribution < -0.4 is 14.8 Å². The van der Waals surface area contributed by atoms with Crippen molar-refractivity contribution in [2.45, 2.75) is 56.2 Å². The first kappa shape index (κ1) is 34.1. The fourth-order valence-electron chi connectivity index (χ4n) is 5.46. The number of rotatable bonds is 7. The lowest BCUT2D eigenvalue weighted by atomic mass is 10.0. The van der Waals surface area contributed by atoms with Gasteiger partial charge in [0.15, 0.2) is 6.61 Å². The molecule has 0 aliphatic carbocycles. The summed E-state index contributed by atoms with van der Waals surface area (Å²) in [6.07, 6.45) is 0. The molecule has 3 aromatic rings. The Kier molecular flexibility index (Phi) is 9.50. The second-order valence-electron chi connectivity index (χ2n) is 11.9. The van der Waals surface area contributed by atoms with E-state index < -0.39 is 58.4 Å². The minimum atomic E-state index is -1.61. The second kappa shape index (κ2) is 13.1. The van der Waals surface area contributed by atoms with Crippen molar-refractivity contribution in [3.63, 3.8) is 0 Å². The Morgan fingerprint density at radius 2 is 1.96 bits per heavy atom. The number of nitrogens with one attached hydrogen (secondary N) is 3. The average molecular weight is 695 g/mol. The maximum Gasteiger partial charge on any atom is 0.355 e. The molecule has 0 bridgehead atoms. The molecule has 3 atom stereocenters. The highest BCUT2D eigenvalue weighted by atomic mass is 32.2. The molecule has 0 saturated carbocycles. The molecular formula is C31H39FN4O9S2. The molecule has 6 rings (SSSR count). The van der Waals surface area contributed by atoms with Crippen molar-refractivity contribution in [2.75, 3.05) is 19.0 Å². The molecule has 3 aliphatic rings. The van der Waals surface area contributed by atoms with Gasteiger partial charge in [0, 0.05) is 51.1 Å². The Bertz CT molecular complexity index is 1870. The third kappa shape index (κ3) is 6.76. The summed E-state index contributed by atoms with van der Waals surface area (Å²) >= 11 is 1.32. The number of esters is 2. The number of carbonyl (C=O) groups is 4. The summed E-state index contributed by atoms with van der Waals surface area (Å²) < 4.78 is 46.3. The van der Waals surface area contributed by atoms with Crippen LogP contribution in [0.1, 0.15) is 37.5 Å². The van der Waals surface area contributed by atoms with Crippen molar-refractivity contribution >= 4 is 57.4 Å². The second-order valence-corrected chi connectivity index (χ2v) is 14.3. The Morgan fingerprint density at radius 3 is 2.68 bits per heavy atom. The van der Waals surface area contributed by atoms with Crippen LogP contribution in [0, 0.1) is 5.82 Å². The van der Waals surface area contributed by atoms with E-state index in [9.17, 15) is 27.8 Å². The van der Waals surface area contributed by atoms with Crippen LogP contribution in [-0.4, -0.2) is 79.3 Å². The van der Waals surface area contributed by atoms with Gasteiger partial charge in [0.05, 0.1) is 10.6 Å². The van der Waals surface area contributed by atoms with E-state index in [4.69, 9.17) is 14.2 Å². The third-order valence-corrected chi connectivity index (χ3v) is 9.93. The molecule has 3 unspecified atom stereocenters. The van der Waals surface area contributed by atoms with Gasteiger partial charge in [-0.05, 0) is 57.2 Å². The monoisotopic (exact) mass is 694 g/mol. The molecule has 1 saturated heterocycles. The highest BCUT2D eigenvalue weighted by Crippen LogP contribution is 2.41. The smallest absolute Gasteiger partial charge is 0.355 e. The Labute approximate surface area is 279 Å². The van der Waals surface area contributed by atoms with E-state index in [0.717, 1.165) is 11.1 Å². The first-order valence-electron chi connectivity index (χ1n) is 14.4. The van der Waals surface area contributed by atoms with E-state index in [0.29, 0.717) is 27.1 Å². The number of hydrogen-bond donors (Lipinski definition) is 3. The molecule has 0 spiro atoms. The van der Waals surface area contributed by atoms with Gasteiger partial charge in [-0.25, -0.2) is 18.1 Å². The number of amides is 2.